The van der Waals surface area contributed by atoms with E-state index in [4.69, 9.17) is 9.47 Å². The summed E-state index contributed by atoms with van der Waals surface area (Å²) in [5, 5.41) is 4.49. The summed E-state index contributed by atoms with van der Waals surface area (Å²) in [6.07, 6.45) is 0.743. The molecule has 1 amide bonds. The summed E-state index contributed by atoms with van der Waals surface area (Å²) >= 11 is 1.11. The topological polar surface area (TPSA) is 77.5 Å². The normalized spacial score (nSPS) is 10.7. The van der Waals surface area contributed by atoms with Crippen LogP contribution in [0, 0.1) is 5.92 Å². The maximum Gasteiger partial charge on any atom is 0.367 e. The minimum atomic E-state index is -0.497. The van der Waals surface area contributed by atoms with Gasteiger partial charge in [-0.05, 0) is 19.3 Å². The third kappa shape index (κ3) is 6.68. The zero-order valence-corrected chi connectivity index (χ0v) is 13.5. The average Bonchev–Trinajstić information content (AvgIpc) is 2.92. The Morgan fingerprint density at radius 1 is 1.43 bits per heavy atom. The van der Waals surface area contributed by atoms with Gasteiger partial charge in [0.25, 0.3) is 5.91 Å². The van der Waals surface area contributed by atoms with Crippen molar-refractivity contribution in [1.82, 2.24) is 10.3 Å². The molecule has 1 aromatic rings. The van der Waals surface area contributed by atoms with E-state index in [1.54, 1.807) is 12.3 Å². The number of rotatable bonds is 9. The van der Waals surface area contributed by atoms with Gasteiger partial charge >= 0.3 is 5.97 Å². The molecule has 21 heavy (non-hydrogen) atoms. The van der Waals surface area contributed by atoms with Crippen molar-refractivity contribution in [1.29, 1.82) is 0 Å². The summed E-state index contributed by atoms with van der Waals surface area (Å²) in [6.45, 7) is 8.04. The number of ether oxygens (including phenoxy) is 2. The Hall–Kier alpha value is -1.47. The smallest absolute Gasteiger partial charge is 0.367 e. The van der Waals surface area contributed by atoms with Crippen molar-refractivity contribution in [2.45, 2.75) is 27.2 Å². The molecule has 6 nitrogen and oxygen atoms in total. The molecule has 0 aliphatic carbocycles. The predicted molar refractivity (Wildman–Crippen MR) is 80.7 cm³/mol. The molecule has 0 aromatic carbocycles. The molecule has 0 fully saturated rings. The fourth-order valence-corrected chi connectivity index (χ4v) is 2.14. The largest absolute Gasteiger partial charge is 0.461 e. The second-order valence-electron chi connectivity index (χ2n) is 4.84. The summed E-state index contributed by atoms with van der Waals surface area (Å²) in [5.74, 6) is -0.273. The number of thiazole rings is 1. The Morgan fingerprint density at radius 2 is 2.19 bits per heavy atom. The van der Waals surface area contributed by atoms with E-state index >= 15 is 0 Å². The molecule has 0 bridgehead atoms. The Labute approximate surface area is 128 Å². The van der Waals surface area contributed by atoms with Gasteiger partial charge in [-0.1, -0.05) is 13.8 Å². The van der Waals surface area contributed by atoms with Crippen LogP contribution in [0.1, 0.15) is 47.5 Å². The average molecular weight is 314 g/mol. The van der Waals surface area contributed by atoms with E-state index in [1.165, 1.54) is 0 Å². The van der Waals surface area contributed by atoms with Crippen molar-refractivity contribution >= 4 is 23.2 Å². The first kappa shape index (κ1) is 17.6. The second kappa shape index (κ2) is 9.46. The van der Waals surface area contributed by atoms with Gasteiger partial charge in [-0.2, -0.15) is 0 Å². The lowest BCUT2D eigenvalue weighted by molar-refractivity contribution is 0.0526. The van der Waals surface area contributed by atoms with Gasteiger partial charge in [0.2, 0.25) is 5.01 Å². The number of carbonyl (C=O) groups is 2. The van der Waals surface area contributed by atoms with Crippen molar-refractivity contribution in [3.63, 3.8) is 0 Å². The first-order valence-corrected chi connectivity index (χ1v) is 7.91. The third-order valence-electron chi connectivity index (χ3n) is 2.39. The van der Waals surface area contributed by atoms with Gasteiger partial charge in [0.15, 0.2) is 0 Å². The highest BCUT2D eigenvalue weighted by molar-refractivity contribution is 7.11. The zero-order valence-electron chi connectivity index (χ0n) is 12.7. The molecule has 1 aromatic heterocycles. The van der Waals surface area contributed by atoms with Crippen LogP contribution in [0.15, 0.2) is 5.38 Å². The summed E-state index contributed by atoms with van der Waals surface area (Å²) in [6, 6.07) is 0. The van der Waals surface area contributed by atoms with E-state index < -0.39 is 5.97 Å². The van der Waals surface area contributed by atoms with E-state index in [0.29, 0.717) is 19.1 Å². The van der Waals surface area contributed by atoms with Crippen molar-refractivity contribution < 1.29 is 19.1 Å². The van der Waals surface area contributed by atoms with Crippen LogP contribution in [0.3, 0.4) is 0 Å². The molecule has 1 N–H and O–H groups in total. The number of hydrogen-bond donors (Lipinski definition) is 1. The zero-order chi connectivity index (χ0) is 15.7. The van der Waals surface area contributed by atoms with Gasteiger partial charge in [-0.3, -0.25) is 4.79 Å². The van der Waals surface area contributed by atoms with Gasteiger partial charge < -0.3 is 14.8 Å². The highest BCUT2D eigenvalue weighted by Gasteiger charge is 2.15. The van der Waals surface area contributed by atoms with E-state index in [0.717, 1.165) is 24.4 Å². The molecule has 0 saturated carbocycles. The van der Waals surface area contributed by atoms with Crippen LogP contribution in [0.4, 0.5) is 0 Å². The highest BCUT2D eigenvalue weighted by Crippen LogP contribution is 2.11. The van der Waals surface area contributed by atoms with Crippen LogP contribution in [-0.2, 0) is 9.47 Å². The fraction of sp³-hybridized carbons (Fsp3) is 0.643. The van der Waals surface area contributed by atoms with Crippen LogP contribution in [0.5, 0.6) is 0 Å². The van der Waals surface area contributed by atoms with E-state index in [9.17, 15) is 9.59 Å². The van der Waals surface area contributed by atoms with Crippen molar-refractivity contribution in [3.8, 4) is 0 Å². The summed E-state index contributed by atoms with van der Waals surface area (Å²) < 4.78 is 10.2. The first-order chi connectivity index (χ1) is 10.0. The molecular weight excluding hydrogens is 292 g/mol. The standard InChI is InChI=1S/C14H22N2O4S/c1-4-20-14(18)13-16-11(9-21-13)12(17)15-6-5-7-19-8-10(2)3/h9-10H,4-8H2,1-3H3,(H,15,17). The Morgan fingerprint density at radius 3 is 2.86 bits per heavy atom. The van der Waals surface area contributed by atoms with Gasteiger partial charge in [-0.25, -0.2) is 9.78 Å². The Kier molecular flexibility index (Phi) is 7.92. The molecule has 0 radical (unpaired) electrons. The monoisotopic (exact) mass is 314 g/mol. The summed E-state index contributed by atoms with van der Waals surface area (Å²) in [7, 11) is 0. The maximum absolute atomic E-state index is 11.8. The lowest BCUT2D eigenvalue weighted by atomic mass is 10.2. The molecule has 0 unspecified atom stereocenters. The number of aromatic nitrogens is 1. The van der Waals surface area contributed by atoms with Crippen molar-refractivity contribution in [3.05, 3.63) is 16.1 Å². The molecule has 0 spiro atoms. The lowest BCUT2D eigenvalue weighted by Gasteiger charge is -2.07. The SMILES string of the molecule is CCOC(=O)c1nc(C(=O)NCCCOCC(C)C)cs1. The molecule has 0 saturated heterocycles. The van der Waals surface area contributed by atoms with Crippen LogP contribution >= 0.6 is 11.3 Å². The van der Waals surface area contributed by atoms with Crippen molar-refractivity contribution in [2.75, 3.05) is 26.4 Å². The van der Waals surface area contributed by atoms with Crippen LogP contribution in [0.25, 0.3) is 0 Å². The molecule has 7 heteroatoms. The highest BCUT2D eigenvalue weighted by atomic mass is 32.1. The number of carbonyl (C=O) groups excluding carboxylic acids is 2. The molecular formula is C14H22N2O4S. The van der Waals surface area contributed by atoms with E-state index in [1.807, 2.05) is 0 Å². The van der Waals surface area contributed by atoms with Crippen LogP contribution < -0.4 is 5.32 Å². The minimum Gasteiger partial charge on any atom is -0.461 e. The second-order valence-corrected chi connectivity index (χ2v) is 5.69. The number of hydrogen-bond acceptors (Lipinski definition) is 6. The molecule has 0 aliphatic heterocycles. The van der Waals surface area contributed by atoms with Gasteiger partial charge in [0.1, 0.15) is 5.69 Å². The molecule has 1 heterocycles. The number of esters is 1. The molecule has 0 atom stereocenters. The van der Waals surface area contributed by atoms with Crippen molar-refractivity contribution in [2.24, 2.45) is 5.92 Å². The Balaban J connectivity index is 2.28. The molecule has 0 aliphatic rings. The van der Waals surface area contributed by atoms with Gasteiger partial charge in [-0.15, -0.1) is 11.3 Å². The van der Waals surface area contributed by atoms with Crippen LogP contribution in [-0.4, -0.2) is 43.2 Å². The number of nitrogens with zero attached hydrogens (tertiary/aromatic N) is 1. The predicted octanol–water partition coefficient (Wildman–Crippen LogP) is 2.11. The lowest BCUT2D eigenvalue weighted by Crippen LogP contribution is -2.25. The summed E-state index contributed by atoms with van der Waals surface area (Å²) in [4.78, 5) is 27.2. The number of nitrogens with one attached hydrogen (secondary N) is 1. The Bertz CT molecular complexity index is 460. The van der Waals surface area contributed by atoms with E-state index in [2.05, 4.69) is 24.1 Å². The third-order valence-corrected chi connectivity index (χ3v) is 3.21. The maximum atomic E-state index is 11.8. The minimum absolute atomic E-state index is 0.197. The van der Waals surface area contributed by atoms with Gasteiger partial charge in [0.05, 0.1) is 6.61 Å². The van der Waals surface area contributed by atoms with E-state index in [-0.39, 0.29) is 23.2 Å². The van der Waals surface area contributed by atoms with Gasteiger partial charge in [0, 0.05) is 25.1 Å². The fourth-order valence-electron chi connectivity index (χ4n) is 1.45. The van der Waals surface area contributed by atoms with Crippen LogP contribution in [0.2, 0.25) is 0 Å². The quantitative estimate of drug-likeness (QED) is 0.558. The first-order valence-electron chi connectivity index (χ1n) is 7.03. The number of amides is 1. The summed E-state index contributed by atoms with van der Waals surface area (Å²) in [5.41, 5.74) is 0.242. The molecule has 1 rings (SSSR count). The molecule has 118 valence electrons.